The summed E-state index contributed by atoms with van der Waals surface area (Å²) in [7, 11) is 1.64. The summed E-state index contributed by atoms with van der Waals surface area (Å²) in [4.78, 5) is 6.72. The zero-order valence-electron chi connectivity index (χ0n) is 14.9. The summed E-state index contributed by atoms with van der Waals surface area (Å²) in [5, 5.41) is 3.08. The average molecular weight is 468 g/mol. The first kappa shape index (κ1) is 20.3. The first-order valence-corrected chi connectivity index (χ1v) is 8.37. The Balaban J connectivity index is 0.00000243. The molecule has 0 bridgehead atoms. The first-order valence-electron chi connectivity index (χ1n) is 8.37. The normalized spacial score (nSPS) is 14.5. The molecule has 0 radical (unpaired) electrons. The molecule has 26 heavy (non-hydrogen) atoms. The molecule has 0 spiro atoms. The van der Waals surface area contributed by atoms with Gasteiger partial charge in [0.05, 0.1) is 26.9 Å². The number of aliphatic imine (C=N–C) groups is 1. The zero-order valence-corrected chi connectivity index (χ0v) is 17.2. The third kappa shape index (κ3) is 5.77. The molecular weight excluding hydrogens is 443 g/mol. The van der Waals surface area contributed by atoms with E-state index in [1.54, 1.807) is 7.11 Å². The minimum absolute atomic E-state index is 0. The maximum absolute atomic E-state index is 5.96. The molecule has 7 heteroatoms. The van der Waals surface area contributed by atoms with Crippen LogP contribution in [0.4, 0.5) is 11.4 Å². The number of halogens is 1. The molecule has 0 atom stereocenters. The lowest BCUT2D eigenvalue weighted by molar-refractivity contribution is 0.122. The fraction of sp³-hybridized carbons (Fsp3) is 0.316. The van der Waals surface area contributed by atoms with Crippen molar-refractivity contribution in [2.45, 2.75) is 6.54 Å². The highest BCUT2D eigenvalue weighted by Crippen LogP contribution is 2.17. The molecule has 0 unspecified atom stereocenters. The number of morpholine rings is 1. The number of methoxy groups -OCH3 is 1. The first-order chi connectivity index (χ1) is 12.2. The fourth-order valence-electron chi connectivity index (χ4n) is 2.67. The topological polar surface area (TPSA) is 72.1 Å². The van der Waals surface area contributed by atoms with Crippen LogP contribution < -0.4 is 20.7 Å². The van der Waals surface area contributed by atoms with Crippen LogP contribution in [0.15, 0.2) is 53.5 Å². The van der Waals surface area contributed by atoms with Gasteiger partial charge >= 0.3 is 0 Å². The minimum Gasteiger partial charge on any atom is -0.497 e. The number of nitrogens with one attached hydrogen (secondary N) is 1. The summed E-state index contributed by atoms with van der Waals surface area (Å²) >= 11 is 0. The number of benzene rings is 2. The van der Waals surface area contributed by atoms with Crippen LogP contribution in [-0.2, 0) is 11.3 Å². The monoisotopic (exact) mass is 468 g/mol. The molecule has 0 amide bonds. The van der Waals surface area contributed by atoms with Crippen molar-refractivity contribution in [1.82, 2.24) is 0 Å². The maximum atomic E-state index is 5.96. The lowest BCUT2D eigenvalue weighted by Crippen LogP contribution is -2.36. The minimum atomic E-state index is 0. The highest BCUT2D eigenvalue weighted by atomic mass is 127. The van der Waals surface area contributed by atoms with Gasteiger partial charge in [-0.1, -0.05) is 12.1 Å². The average Bonchev–Trinajstić information content (AvgIpc) is 2.68. The van der Waals surface area contributed by atoms with E-state index in [4.69, 9.17) is 15.2 Å². The highest BCUT2D eigenvalue weighted by molar-refractivity contribution is 14.0. The molecule has 140 valence electrons. The van der Waals surface area contributed by atoms with Crippen molar-refractivity contribution >= 4 is 41.3 Å². The molecule has 1 heterocycles. The molecule has 1 aliphatic heterocycles. The van der Waals surface area contributed by atoms with E-state index in [1.807, 2.05) is 24.3 Å². The lowest BCUT2D eigenvalue weighted by Gasteiger charge is -2.28. The smallest absolute Gasteiger partial charge is 0.193 e. The van der Waals surface area contributed by atoms with Crippen LogP contribution in [0.3, 0.4) is 0 Å². The molecule has 0 aliphatic carbocycles. The van der Waals surface area contributed by atoms with Gasteiger partial charge in [0.25, 0.3) is 0 Å². The van der Waals surface area contributed by atoms with E-state index in [1.165, 1.54) is 5.69 Å². The fourth-order valence-corrected chi connectivity index (χ4v) is 2.67. The van der Waals surface area contributed by atoms with E-state index in [9.17, 15) is 0 Å². The molecule has 0 saturated carbocycles. The Kier molecular flexibility index (Phi) is 7.99. The van der Waals surface area contributed by atoms with E-state index in [0.29, 0.717) is 12.5 Å². The van der Waals surface area contributed by atoms with Crippen LogP contribution in [0.25, 0.3) is 0 Å². The predicted molar refractivity (Wildman–Crippen MR) is 117 cm³/mol. The standard InChI is InChI=1S/C19H24N4O2.HI/c1-24-18-8-4-16(5-9-18)22-19(20)21-14-15-2-6-17(7-3-15)23-10-12-25-13-11-23;/h2-9H,10-14H2,1H3,(H3,20,21,22);1H. The van der Waals surface area contributed by atoms with Crippen LogP contribution in [0.5, 0.6) is 5.75 Å². The Hall–Kier alpha value is -2.00. The third-order valence-electron chi connectivity index (χ3n) is 4.11. The van der Waals surface area contributed by atoms with Gasteiger partial charge in [-0.25, -0.2) is 4.99 Å². The molecule has 2 aromatic rings. The molecular formula is C19H25IN4O2. The Labute approximate surface area is 171 Å². The number of guanidine groups is 1. The summed E-state index contributed by atoms with van der Waals surface area (Å²) in [5.41, 5.74) is 9.18. The Bertz CT molecular complexity index is 698. The second-order valence-corrected chi connectivity index (χ2v) is 5.82. The second-order valence-electron chi connectivity index (χ2n) is 5.82. The number of ether oxygens (including phenoxy) is 2. The van der Waals surface area contributed by atoms with Gasteiger partial charge in [-0.2, -0.15) is 0 Å². The van der Waals surface area contributed by atoms with E-state index in [-0.39, 0.29) is 24.0 Å². The SMILES string of the molecule is COc1ccc(NC(N)=NCc2ccc(N3CCOCC3)cc2)cc1.I. The number of nitrogens with two attached hydrogens (primary N) is 1. The van der Waals surface area contributed by atoms with Crippen LogP contribution in [0.2, 0.25) is 0 Å². The second kappa shape index (κ2) is 10.2. The number of anilines is 2. The molecule has 0 aromatic heterocycles. The van der Waals surface area contributed by atoms with Crippen molar-refractivity contribution in [2.75, 3.05) is 43.6 Å². The molecule has 3 N–H and O–H groups in total. The van der Waals surface area contributed by atoms with Crippen molar-refractivity contribution in [3.05, 3.63) is 54.1 Å². The van der Waals surface area contributed by atoms with Crippen molar-refractivity contribution in [3.63, 3.8) is 0 Å². The molecule has 2 aromatic carbocycles. The lowest BCUT2D eigenvalue weighted by atomic mass is 10.2. The predicted octanol–water partition coefficient (Wildman–Crippen LogP) is 3.08. The van der Waals surface area contributed by atoms with Crippen molar-refractivity contribution in [1.29, 1.82) is 0 Å². The summed E-state index contributed by atoms with van der Waals surface area (Å²) in [6.45, 7) is 4.00. The zero-order chi connectivity index (χ0) is 17.5. The quantitative estimate of drug-likeness (QED) is 0.401. The number of hydrogen-bond acceptors (Lipinski definition) is 4. The van der Waals surface area contributed by atoms with E-state index in [2.05, 4.69) is 39.5 Å². The van der Waals surface area contributed by atoms with Gasteiger partial charge in [0.2, 0.25) is 0 Å². The van der Waals surface area contributed by atoms with Gasteiger partial charge in [0.1, 0.15) is 5.75 Å². The third-order valence-corrected chi connectivity index (χ3v) is 4.11. The largest absolute Gasteiger partial charge is 0.497 e. The van der Waals surface area contributed by atoms with Gasteiger partial charge < -0.3 is 25.4 Å². The molecule has 1 fully saturated rings. The van der Waals surface area contributed by atoms with Gasteiger partial charge in [0, 0.05) is 24.5 Å². The molecule has 3 rings (SSSR count). The number of nitrogens with zero attached hydrogens (tertiary/aromatic N) is 2. The number of hydrogen-bond donors (Lipinski definition) is 2. The van der Waals surface area contributed by atoms with E-state index in [0.717, 1.165) is 43.3 Å². The van der Waals surface area contributed by atoms with Crippen LogP contribution >= 0.6 is 24.0 Å². The maximum Gasteiger partial charge on any atom is 0.193 e. The Morgan fingerprint density at radius 1 is 1.12 bits per heavy atom. The van der Waals surface area contributed by atoms with E-state index >= 15 is 0 Å². The molecule has 1 saturated heterocycles. The summed E-state index contributed by atoms with van der Waals surface area (Å²) < 4.78 is 10.5. The van der Waals surface area contributed by atoms with Gasteiger partial charge in [-0.15, -0.1) is 24.0 Å². The number of rotatable bonds is 5. The van der Waals surface area contributed by atoms with Crippen LogP contribution in [0, 0.1) is 0 Å². The molecule has 6 nitrogen and oxygen atoms in total. The highest BCUT2D eigenvalue weighted by Gasteiger charge is 2.10. The van der Waals surface area contributed by atoms with Crippen molar-refractivity contribution < 1.29 is 9.47 Å². The summed E-state index contributed by atoms with van der Waals surface area (Å²) in [6.07, 6.45) is 0. The Morgan fingerprint density at radius 3 is 2.38 bits per heavy atom. The van der Waals surface area contributed by atoms with Crippen molar-refractivity contribution in [3.8, 4) is 5.75 Å². The van der Waals surface area contributed by atoms with E-state index < -0.39 is 0 Å². The Morgan fingerprint density at radius 2 is 1.77 bits per heavy atom. The van der Waals surface area contributed by atoms with Crippen LogP contribution in [0.1, 0.15) is 5.56 Å². The molecule has 1 aliphatic rings. The van der Waals surface area contributed by atoms with Gasteiger partial charge in [-0.05, 0) is 42.0 Å². The van der Waals surface area contributed by atoms with Gasteiger partial charge in [0.15, 0.2) is 5.96 Å². The van der Waals surface area contributed by atoms with Gasteiger partial charge in [-0.3, -0.25) is 0 Å². The van der Waals surface area contributed by atoms with Crippen LogP contribution in [-0.4, -0.2) is 39.4 Å². The summed E-state index contributed by atoms with van der Waals surface area (Å²) in [5.74, 6) is 1.20. The summed E-state index contributed by atoms with van der Waals surface area (Å²) in [6, 6.07) is 16.0. The van der Waals surface area contributed by atoms with Crippen molar-refractivity contribution in [2.24, 2.45) is 10.7 Å².